The molecule has 2 rings (SSSR count). The molecule has 0 bridgehead atoms. The van der Waals surface area contributed by atoms with Gasteiger partial charge in [0.25, 0.3) is 11.6 Å². The fourth-order valence-electron chi connectivity index (χ4n) is 2.76. The van der Waals surface area contributed by atoms with Gasteiger partial charge in [-0.15, -0.1) is 12.4 Å². The van der Waals surface area contributed by atoms with Gasteiger partial charge in [0.15, 0.2) is 0 Å². The highest BCUT2D eigenvalue weighted by atomic mass is 35.5. The molecule has 0 saturated carbocycles. The largest absolute Gasteiger partial charge is 0.350 e. The molecule has 1 saturated heterocycles. The zero-order chi connectivity index (χ0) is 16.3. The lowest BCUT2D eigenvalue weighted by Gasteiger charge is -2.39. The van der Waals surface area contributed by atoms with Crippen LogP contribution in [0.2, 0.25) is 5.02 Å². The molecule has 8 heteroatoms. The second-order valence-corrected chi connectivity index (χ2v) is 6.66. The summed E-state index contributed by atoms with van der Waals surface area (Å²) in [6.45, 7) is 5.66. The number of nitro benzene ring substituents is 1. The first-order valence-electron chi connectivity index (χ1n) is 7.27. The van der Waals surface area contributed by atoms with Crippen molar-refractivity contribution in [2.24, 2.45) is 5.41 Å². The second-order valence-electron chi connectivity index (χ2n) is 6.23. The summed E-state index contributed by atoms with van der Waals surface area (Å²) < 4.78 is 0. The number of hydrogen-bond donors (Lipinski definition) is 2. The van der Waals surface area contributed by atoms with Crippen molar-refractivity contribution in [3.05, 3.63) is 38.9 Å². The number of carbonyl (C=O) groups excluding carboxylic acids is 1. The Labute approximate surface area is 146 Å². The normalized spacial score (nSPS) is 19.5. The summed E-state index contributed by atoms with van der Waals surface area (Å²) in [5.41, 5.74) is -0.166. The lowest BCUT2D eigenvalue weighted by Crippen LogP contribution is -2.52. The summed E-state index contributed by atoms with van der Waals surface area (Å²) in [4.78, 5) is 22.7. The average Bonchev–Trinajstić information content (AvgIpc) is 2.45. The van der Waals surface area contributed by atoms with Crippen molar-refractivity contribution < 1.29 is 9.72 Å². The molecule has 1 atom stereocenters. The molecule has 0 spiro atoms. The van der Waals surface area contributed by atoms with Crippen LogP contribution in [0.3, 0.4) is 0 Å². The monoisotopic (exact) mass is 361 g/mol. The maximum Gasteiger partial charge on any atom is 0.283 e. The van der Waals surface area contributed by atoms with E-state index < -0.39 is 10.8 Å². The number of piperidine rings is 1. The molecule has 0 aliphatic carbocycles. The van der Waals surface area contributed by atoms with Crippen molar-refractivity contribution in [1.82, 2.24) is 10.6 Å². The van der Waals surface area contributed by atoms with Gasteiger partial charge in [-0.2, -0.15) is 0 Å². The molecule has 1 aliphatic rings. The number of nitrogens with one attached hydrogen (secondary N) is 2. The Hall–Kier alpha value is -1.37. The highest BCUT2D eigenvalue weighted by molar-refractivity contribution is 6.31. The van der Waals surface area contributed by atoms with Gasteiger partial charge in [-0.1, -0.05) is 25.4 Å². The first kappa shape index (κ1) is 19.7. The second kappa shape index (κ2) is 7.95. The Morgan fingerprint density at radius 2 is 2.22 bits per heavy atom. The number of amides is 1. The lowest BCUT2D eigenvalue weighted by molar-refractivity contribution is -0.385. The number of nitrogens with zero attached hydrogens (tertiary/aromatic N) is 1. The van der Waals surface area contributed by atoms with Crippen LogP contribution in [-0.4, -0.2) is 30.0 Å². The van der Waals surface area contributed by atoms with E-state index in [1.807, 2.05) is 0 Å². The molecule has 1 amide bonds. The van der Waals surface area contributed by atoms with Gasteiger partial charge in [0, 0.05) is 23.7 Å². The van der Waals surface area contributed by atoms with E-state index in [-0.39, 0.29) is 40.1 Å². The number of rotatable bonds is 4. The van der Waals surface area contributed by atoms with Crippen LogP contribution in [0, 0.1) is 15.5 Å². The van der Waals surface area contributed by atoms with Gasteiger partial charge in [-0.05, 0) is 36.9 Å². The van der Waals surface area contributed by atoms with E-state index in [1.165, 1.54) is 18.2 Å². The third-order valence-electron chi connectivity index (χ3n) is 4.20. The Morgan fingerprint density at radius 3 is 2.83 bits per heavy atom. The van der Waals surface area contributed by atoms with Gasteiger partial charge in [0.1, 0.15) is 5.56 Å². The summed E-state index contributed by atoms with van der Waals surface area (Å²) in [6.07, 6.45) is 2.20. The van der Waals surface area contributed by atoms with Crippen LogP contribution in [0.4, 0.5) is 5.69 Å². The van der Waals surface area contributed by atoms with Gasteiger partial charge in [0.05, 0.1) is 4.92 Å². The quantitative estimate of drug-likeness (QED) is 0.637. The predicted octanol–water partition coefficient (Wildman–Crippen LogP) is 3.18. The summed E-state index contributed by atoms with van der Waals surface area (Å²) in [6, 6.07) is 4.21. The smallest absolute Gasteiger partial charge is 0.283 e. The molecule has 1 fully saturated rings. The third kappa shape index (κ3) is 4.80. The molecule has 0 aromatic heterocycles. The predicted molar refractivity (Wildman–Crippen MR) is 92.5 cm³/mol. The number of benzene rings is 1. The third-order valence-corrected chi connectivity index (χ3v) is 4.43. The van der Waals surface area contributed by atoms with Gasteiger partial charge < -0.3 is 10.6 Å². The Bertz CT molecular complexity index is 593. The van der Waals surface area contributed by atoms with Crippen LogP contribution < -0.4 is 10.6 Å². The average molecular weight is 362 g/mol. The van der Waals surface area contributed by atoms with E-state index in [1.54, 1.807) is 0 Å². The number of halogens is 2. The molecular weight excluding hydrogens is 341 g/mol. The molecule has 128 valence electrons. The van der Waals surface area contributed by atoms with Gasteiger partial charge in [-0.3, -0.25) is 14.9 Å². The van der Waals surface area contributed by atoms with Gasteiger partial charge in [0.2, 0.25) is 0 Å². The van der Waals surface area contributed by atoms with Gasteiger partial charge >= 0.3 is 0 Å². The fraction of sp³-hybridized carbons (Fsp3) is 0.533. The molecule has 1 heterocycles. The molecule has 1 aromatic rings. The van der Waals surface area contributed by atoms with Gasteiger partial charge in [-0.25, -0.2) is 0 Å². The zero-order valence-corrected chi connectivity index (χ0v) is 14.7. The summed E-state index contributed by atoms with van der Waals surface area (Å²) in [5.74, 6) is -0.452. The first-order valence-corrected chi connectivity index (χ1v) is 7.64. The number of hydrogen-bond acceptors (Lipinski definition) is 4. The van der Waals surface area contributed by atoms with Crippen molar-refractivity contribution in [2.75, 3.05) is 13.1 Å². The van der Waals surface area contributed by atoms with Crippen molar-refractivity contribution in [1.29, 1.82) is 0 Å². The van der Waals surface area contributed by atoms with Crippen LogP contribution in [0.25, 0.3) is 0 Å². The van der Waals surface area contributed by atoms with Crippen molar-refractivity contribution in [3.63, 3.8) is 0 Å². The van der Waals surface area contributed by atoms with Crippen LogP contribution in [0.5, 0.6) is 0 Å². The van der Waals surface area contributed by atoms with E-state index in [0.29, 0.717) is 6.54 Å². The minimum Gasteiger partial charge on any atom is -0.350 e. The highest BCUT2D eigenvalue weighted by Gasteiger charge is 2.32. The highest BCUT2D eigenvalue weighted by Crippen LogP contribution is 2.30. The molecular formula is C15H21Cl2N3O3. The summed E-state index contributed by atoms with van der Waals surface area (Å²) in [5, 5.41) is 17.5. The first-order chi connectivity index (χ1) is 10.3. The van der Waals surface area contributed by atoms with Crippen LogP contribution in [0.15, 0.2) is 18.2 Å². The number of nitro groups is 1. The summed E-state index contributed by atoms with van der Waals surface area (Å²) in [7, 11) is 0. The lowest BCUT2D eigenvalue weighted by atomic mass is 9.77. The fourth-order valence-corrected chi connectivity index (χ4v) is 2.92. The van der Waals surface area contributed by atoms with E-state index in [4.69, 9.17) is 11.6 Å². The molecule has 6 nitrogen and oxygen atoms in total. The van der Waals surface area contributed by atoms with E-state index in [0.717, 1.165) is 19.4 Å². The molecule has 1 aromatic carbocycles. The minimum absolute atomic E-state index is 0. The standard InChI is InChI=1S/C15H20ClN3O3.ClH/c1-15(2)6-3-7-17-13(15)9-18-14(20)11-5-4-10(16)8-12(11)19(21)22;/h4-5,8,13,17H,3,6-7,9H2,1-2H3,(H,18,20);1H. The molecule has 23 heavy (non-hydrogen) atoms. The molecule has 1 unspecified atom stereocenters. The molecule has 2 N–H and O–H groups in total. The topological polar surface area (TPSA) is 84.3 Å². The Kier molecular flexibility index (Phi) is 6.80. The maximum atomic E-state index is 12.2. The number of carbonyl (C=O) groups is 1. The van der Waals surface area contributed by atoms with E-state index >= 15 is 0 Å². The van der Waals surface area contributed by atoms with Crippen LogP contribution in [0.1, 0.15) is 37.0 Å². The van der Waals surface area contributed by atoms with Crippen molar-refractivity contribution in [2.45, 2.75) is 32.7 Å². The maximum absolute atomic E-state index is 12.2. The molecule has 1 aliphatic heterocycles. The SMILES string of the molecule is CC1(C)CCCNC1CNC(=O)c1ccc(Cl)cc1[N+](=O)[O-].Cl. The van der Waals surface area contributed by atoms with E-state index in [9.17, 15) is 14.9 Å². The zero-order valence-electron chi connectivity index (χ0n) is 13.1. The van der Waals surface area contributed by atoms with Crippen molar-refractivity contribution in [3.8, 4) is 0 Å². The van der Waals surface area contributed by atoms with E-state index in [2.05, 4.69) is 24.5 Å². The van der Waals surface area contributed by atoms with Crippen molar-refractivity contribution >= 4 is 35.6 Å². The summed E-state index contributed by atoms with van der Waals surface area (Å²) >= 11 is 5.76. The minimum atomic E-state index is -0.594. The molecule has 0 radical (unpaired) electrons. The van der Waals surface area contributed by atoms with Crippen LogP contribution >= 0.6 is 24.0 Å². The Balaban J connectivity index is 0.00000264. The Morgan fingerprint density at radius 1 is 1.52 bits per heavy atom. The van der Waals surface area contributed by atoms with Crippen LogP contribution in [-0.2, 0) is 0 Å².